The van der Waals surface area contributed by atoms with E-state index in [0.29, 0.717) is 13.1 Å². The van der Waals surface area contributed by atoms with Gasteiger partial charge >= 0.3 is 0 Å². The summed E-state index contributed by atoms with van der Waals surface area (Å²) in [5.41, 5.74) is 2.25. The smallest absolute Gasteiger partial charge is 0.123 e. The maximum atomic E-state index is 10.6. The van der Waals surface area contributed by atoms with Crippen LogP contribution in [0.3, 0.4) is 0 Å². The minimum atomic E-state index is -0.946. The molecule has 6 heteroatoms. The lowest BCUT2D eigenvalue weighted by atomic mass is 10.00. The summed E-state index contributed by atoms with van der Waals surface area (Å²) >= 11 is 1.67. The van der Waals surface area contributed by atoms with Crippen molar-refractivity contribution in [3.05, 3.63) is 58.9 Å². The van der Waals surface area contributed by atoms with Gasteiger partial charge in [0.15, 0.2) is 0 Å². The fourth-order valence-electron chi connectivity index (χ4n) is 2.45. The van der Waals surface area contributed by atoms with E-state index in [9.17, 15) is 5.11 Å². The van der Waals surface area contributed by atoms with E-state index in [1.165, 1.54) is 5.56 Å². The van der Waals surface area contributed by atoms with Gasteiger partial charge in [0.2, 0.25) is 0 Å². The van der Waals surface area contributed by atoms with Crippen molar-refractivity contribution in [3.63, 3.8) is 0 Å². The molecule has 2 aromatic heterocycles. The van der Waals surface area contributed by atoms with Gasteiger partial charge in [0.1, 0.15) is 10.6 Å². The van der Waals surface area contributed by atoms with E-state index in [-0.39, 0.29) is 0 Å². The van der Waals surface area contributed by atoms with Crippen molar-refractivity contribution in [2.75, 3.05) is 6.54 Å². The fourth-order valence-corrected chi connectivity index (χ4v) is 3.34. The lowest BCUT2D eigenvalue weighted by molar-refractivity contribution is 0.0566. The molecule has 1 atom stereocenters. The third-order valence-corrected chi connectivity index (χ3v) is 4.99. The average molecular weight is 342 g/mol. The van der Waals surface area contributed by atoms with Crippen LogP contribution in [0.25, 0.3) is 10.6 Å². The van der Waals surface area contributed by atoms with E-state index in [1.807, 2.05) is 19.4 Å². The topological polar surface area (TPSA) is 63.0 Å². The van der Waals surface area contributed by atoms with E-state index in [1.54, 1.807) is 29.1 Å². The van der Waals surface area contributed by atoms with Crippen molar-refractivity contribution >= 4 is 11.3 Å². The summed E-state index contributed by atoms with van der Waals surface area (Å²) in [7, 11) is 1.84. The summed E-state index contributed by atoms with van der Waals surface area (Å²) in [5, 5.41) is 19.0. The van der Waals surface area contributed by atoms with Gasteiger partial charge in [-0.2, -0.15) is 5.10 Å². The van der Waals surface area contributed by atoms with E-state index in [4.69, 9.17) is 0 Å². The molecule has 3 rings (SSSR count). The van der Waals surface area contributed by atoms with Gasteiger partial charge in [-0.1, -0.05) is 29.8 Å². The molecule has 0 radical (unpaired) electrons. The minimum absolute atomic E-state index is 0.455. The number of hydrogen-bond acceptors (Lipinski definition) is 5. The molecule has 2 heterocycles. The van der Waals surface area contributed by atoms with Crippen LogP contribution in [0.5, 0.6) is 0 Å². The summed E-state index contributed by atoms with van der Waals surface area (Å²) in [6, 6.07) is 8.39. The quantitative estimate of drug-likeness (QED) is 0.723. The molecule has 5 nitrogen and oxygen atoms in total. The van der Waals surface area contributed by atoms with Crippen LogP contribution in [-0.2, 0) is 19.2 Å². The number of benzene rings is 1. The van der Waals surface area contributed by atoms with Gasteiger partial charge in [-0.05, 0) is 13.8 Å². The molecular formula is C18H22N4OS. The van der Waals surface area contributed by atoms with Crippen molar-refractivity contribution in [2.45, 2.75) is 26.0 Å². The highest BCUT2D eigenvalue weighted by atomic mass is 32.1. The molecule has 0 bridgehead atoms. The molecule has 0 amide bonds. The second kappa shape index (κ2) is 6.84. The van der Waals surface area contributed by atoms with Crippen molar-refractivity contribution in [2.24, 2.45) is 7.05 Å². The maximum absolute atomic E-state index is 10.6. The number of hydrogen-bond donors (Lipinski definition) is 2. The summed E-state index contributed by atoms with van der Waals surface area (Å²) in [6.45, 7) is 5.01. The Morgan fingerprint density at radius 3 is 2.67 bits per heavy atom. The zero-order chi connectivity index (χ0) is 17.2. The average Bonchev–Trinajstić information content (AvgIpc) is 3.17. The summed E-state index contributed by atoms with van der Waals surface area (Å²) in [6.07, 6.45) is 5.43. The molecule has 0 saturated heterocycles. The molecule has 126 valence electrons. The number of nitrogens with zero attached hydrogens (tertiary/aromatic N) is 3. The maximum Gasteiger partial charge on any atom is 0.123 e. The zero-order valence-electron chi connectivity index (χ0n) is 14.2. The van der Waals surface area contributed by atoms with Gasteiger partial charge in [-0.15, -0.1) is 11.3 Å². The molecule has 1 aromatic carbocycles. The van der Waals surface area contributed by atoms with Crippen LogP contribution >= 0.6 is 11.3 Å². The zero-order valence-corrected chi connectivity index (χ0v) is 15.0. The molecule has 2 N–H and O–H groups in total. The summed E-state index contributed by atoms with van der Waals surface area (Å²) in [5.74, 6) is 0. The fraction of sp³-hybridized carbons (Fsp3) is 0.333. The third kappa shape index (κ3) is 3.90. The van der Waals surface area contributed by atoms with Crippen molar-refractivity contribution in [1.82, 2.24) is 20.1 Å². The van der Waals surface area contributed by atoms with Crippen LogP contribution < -0.4 is 5.32 Å². The van der Waals surface area contributed by atoms with E-state index < -0.39 is 5.60 Å². The lowest BCUT2D eigenvalue weighted by Gasteiger charge is -2.22. The summed E-state index contributed by atoms with van der Waals surface area (Å²) in [4.78, 5) is 5.64. The number of aromatic nitrogens is 3. The van der Waals surface area contributed by atoms with E-state index in [2.05, 4.69) is 46.6 Å². The highest BCUT2D eigenvalue weighted by Crippen LogP contribution is 2.25. The molecule has 0 saturated carbocycles. The lowest BCUT2D eigenvalue weighted by Crippen LogP contribution is -2.34. The molecular weight excluding hydrogens is 320 g/mol. The van der Waals surface area contributed by atoms with Crippen molar-refractivity contribution in [3.8, 4) is 10.6 Å². The van der Waals surface area contributed by atoms with E-state index in [0.717, 1.165) is 21.0 Å². The number of rotatable bonds is 6. The Morgan fingerprint density at radius 2 is 2.00 bits per heavy atom. The van der Waals surface area contributed by atoms with Gasteiger partial charge < -0.3 is 10.4 Å². The molecule has 0 aliphatic carbocycles. The summed E-state index contributed by atoms with van der Waals surface area (Å²) < 4.78 is 1.70. The van der Waals surface area contributed by atoms with Crippen LogP contribution in [0.15, 0.2) is 42.9 Å². The first kappa shape index (κ1) is 16.8. The van der Waals surface area contributed by atoms with Crippen LogP contribution in [0, 0.1) is 6.92 Å². The molecule has 1 unspecified atom stereocenters. The minimum Gasteiger partial charge on any atom is -0.384 e. The first-order chi connectivity index (χ1) is 11.4. The highest BCUT2D eigenvalue weighted by molar-refractivity contribution is 7.15. The molecule has 0 aliphatic rings. The van der Waals surface area contributed by atoms with Crippen molar-refractivity contribution < 1.29 is 5.11 Å². The van der Waals surface area contributed by atoms with Gasteiger partial charge in [0, 0.05) is 48.5 Å². The monoisotopic (exact) mass is 342 g/mol. The SMILES string of the molecule is Cc1ccc(-c2ncc(CNCC(C)(O)c3cnn(C)c3)s2)cc1. The molecule has 24 heavy (non-hydrogen) atoms. The second-order valence-electron chi connectivity index (χ2n) is 6.28. The normalized spacial score (nSPS) is 13.8. The van der Waals surface area contributed by atoms with Crippen LogP contribution in [0.2, 0.25) is 0 Å². The Bertz CT molecular complexity index is 805. The van der Waals surface area contributed by atoms with Gasteiger partial charge in [0.25, 0.3) is 0 Å². The number of thiazole rings is 1. The number of aryl methyl sites for hydroxylation is 2. The third-order valence-electron chi connectivity index (χ3n) is 3.95. The second-order valence-corrected chi connectivity index (χ2v) is 7.39. The Kier molecular flexibility index (Phi) is 4.80. The Labute approximate surface area is 146 Å². The highest BCUT2D eigenvalue weighted by Gasteiger charge is 2.24. The predicted molar refractivity (Wildman–Crippen MR) is 96.8 cm³/mol. The number of nitrogens with one attached hydrogen (secondary N) is 1. The largest absolute Gasteiger partial charge is 0.384 e. The molecule has 0 spiro atoms. The van der Waals surface area contributed by atoms with Crippen LogP contribution in [0.1, 0.15) is 22.9 Å². The van der Waals surface area contributed by atoms with Gasteiger partial charge in [-0.3, -0.25) is 4.68 Å². The van der Waals surface area contributed by atoms with Gasteiger partial charge in [0.05, 0.1) is 6.20 Å². The Hall–Kier alpha value is -2.02. The first-order valence-corrected chi connectivity index (χ1v) is 8.70. The Morgan fingerprint density at radius 1 is 1.25 bits per heavy atom. The standard InChI is InChI=1S/C18H22N4OS/c1-13-4-6-14(7-5-13)17-20-10-16(24-17)9-19-12-18(2,23)15-8-21-22(3)11-15/h4-8,10-11,19,23H,9,12H2,1-3H3. The van der Waals surface area contributed by atoms with Crippen LogP contribution in [0.4, 0.5) is 0 Å². The molecule has 3 aromatic rings. The van der Waals surface area contributed by atoms with E-state index >= 15 is 0 Å². The van der Waals surface area contributed by atoms with Crippen LogP contribution in [-0.4, -0.2) is 26.4 Å². The molecule has 0 aliphatic heterocycles. The first-order valence-electron chi connectivity index (χ1n) is 7.88. The van der Waals surface area contributed by atoms with Crippen molar-refractivity contribution in [1.29, 1.82) is 0 Å². The Balaban J connectivity index is 1.58. The predicted octanol–water partition coefficient (Wildman–Crippen LogP) is 2.85. The number of aliphatic hydroxyl groups is 1. The molecule has 0 fully saturated rings. The van der Waals surface area contributed by atoms with Gasteiger partial charge in [-0.25, -0.2) is 4.98 Å².